The molecule has 0 bridgehead atoms. The molecule has 0 aromatic carbocycles. The first-order chi connectivity index (χ1) is 28.3. The maximum atomic E-state index is 13.1. The first-order valence-corrected chi connectivity index (χ1v) is 25.4. The van der Waals surface area contributed by atoms with Crippen LogP contribution < -0.4 is 0 Å². The highest BCUT2D eigenvalue weighted by Crippen LogP contribution is 2.24. The van der Waals surface area contributed by atoms with Crippen molar-refractivity contribution in [1.82, 2.24) is 4.90 Å². The van der Waals surface area contributed by atoms with Gasteiger partial charge in [-0.2, -0.15) is 0 Å². The van der Waals surface area contributed by atoms with Crippen molar-refractivity contribution in [2.45, 2.75) is 252 Å². The van der Waals surface area contributed by atoms with Crippen LogP contribution in [0.3, 0.4) is 0 Å². The van der Waals surface area contributed by atoms with E-state index in [1.165, 1.54) is 116 Å². The summed E-state index contributed by atoms with van der Waals surface area (Å²) in [4.78, 5) is 39.9. The van der Waals surface area contributed by atoms with E-state index in [0.29, 0.717) is 44.5 Å². The lowest BCUT2D eigenvalue weighted by Crippen LogP contribution is -2.21. The third kappa shape index (κ3) is 38.6. The normalized spacial score (nSPS) is 12.2. The molecule has 0 spiro atoms. The van der Waals surface area contributed by atoms with Crippen molar-refractivity contribution < 1.29 is 28.6 Å². The molecule has 0 amide bonds. The van der Waals surface area contributed by atoms with Crippen LogP contribution in [0, 0.1) is 17.8 Å². The van der Waals surface area contributed by atoms with E-state index in [1.54, 1.807) is 0 Å². The van der Waals surface area contributed by atoms with Gasteiger partial charge in [0.2, 0.25) is 0 Å². The van der Waals surface area contributed by atoms with Crippen molar-refractivity contribution >= 4 is 17.9 Å². The van der Waals surface area contributed by atoms with Gasteiger partial charge in [0.25, 0.3) is 0 Å². The molecular weight excluding hydrogens is 723 g/mol. The third-order valence-electron chi connectivity index (χ3n) is 12.1. The van der Waals surface area contributed by atoms with E-state index < -0.39 is 0 Å². The molecule has 344 valence electrons. The van der Waals surface area contributed by atoms with Crippen molar-refractivity contribution in [3.05, 3.63) is 0 Å². The largest absolute Gasteiger partial charge is 0.466 e. The predicted octanol–water partition coefficient (Wildman–Crippen LogP) is 14.8. The molecule has 0 fully saturated rings. The molecule has 0 aliphatic carbocycles. The van der Waals surface area contributed by atoms with Crippen molar-refractivity contribution in [1.29, 1.82) is 0 Å². The van der Waals surface area contributed by atoms with Crippen molar-refractivity contribution in [2.75, 3.05) is 40.5 Å². The van der Waals surface area contributed by atoms with Gasteiger partial charge in [-0.15, -0.1) is 0 Å². The number of carbonyl (C=O) groups is 3. The van der Waals surface area contributed by atoms with Gasteiger partial charge in [0.1, 0.15) is 0 Å². The summed E-state index contributed by atoms with van der Waals surface area (Å²) in [7, 11) is 4.09. The Morgan fingerprint density at radius 3 is 1.09 bits per heavy atom. The zero-order valence-corrected chi connectivity index (χ0v) is 39.7. The molecular formula is C51H99NO6. The van der Waals surface area contributed by atoms with Crippen molar-refractivity contribution in [3.8, 4) is 0 Å². The number of ether oxygens (including phenoxy) is 3. The molecule has 0 rings (SSSR count). The lowest BCUT2D eigenvalue weighted by Gasteiger charge is -2.17. The topological polar surface area (TPSA) is 82.1 Å². The highest BCUT2D eigenvalue weighted by molar-refractivity contribution is 5.72. The average molecular weight is 822 g/mol. The van der Waals surface area contributed by atoms with Crippen LogP contribution >= 0.6 is 0 Å². The van der Waals surface area contributed by atoms with Gasteiger partial charge in [0, 0.05) is 19.4 Å². The van der Waals surface area contributed by atoms with Crippen LogP contribution in [0.1, 0.15) is 252 Å². The summed E-state index contributed by atoms with van der Waals surface area (Å²) in [5.74, 6) is 1.30. The summed E-state index contributed by atoms with van der Waals surface area (Å²) >= 11 is 0. The Labute approximate surface area is 361 Å². The van der Waals surface area contributed by atoms with E-state index in [0.717, 1.165) is 103 Å². The molecule has 1 unspecified atom stereocenters. The second kappa shape index (κ2) is 43.5. The van der Waals surface area contributed by atoms with Crippen LogP contribution in [-0.2, 0) is 28.6 Å². The van der Waals surface area contributed by atoms with Gasteiger partial charge in [0.05, 0.1) is 25.7 Å². The number of hydrogen-bond donors (Lipinski definition) is 0. The molecule has 0 aliphatic heterocycles. The summed E-state index contributed by atoms with van der Waals surface area (Å²) in [6.07, 6.45) is 39.1. The van der Waals surface area contributed by atoms with Gasteiger partial charge in [0.15, 0.2) is 0 Å². The third-order valence-corrected chi connectivity index (χ3v) is 12.1. The molecule has 0 aromatic heterocycles. The highest BCUT2D eigenvalue weighted by atomic mass is 16.5. The number of unbranched alkanes of at least 4 members (excludes halogenated alkanes) is 18. The Morgan fingerprint density at radius 2 is 0.724 bits per heavy atom. The van der Waals surface area contributed by atoms with Gasteiger partial charge in [-0.3, -0.25) is 14.4 Å². The fourth-order valence-electron chi connectivity index (χ4n) is 8.21. The van der Waals surface area contributed by atoms with Crippen LogP contribution in [0.15, 0.2) is 0 Å². The molecule has 0 heterocycles. The van der Waals surface area contributed by atoms with Gasteiger partial charge in [-0.25, -0.2) is 0 Å². The summed E-state index contributed by atoms with van der Waals surface area (Å²) in [5.41, 5.74) is 0. The Morgan fingerprint density at radius 1 is 0.379 bits per heavy atom. The molecule has 7 nitrogen and oxygen atoms in total. The number of carbonyl (C=O) groups excluding carboxylic acids is 3. The first kappa shape index (κ1) is 56.4. The summed E-state index contributed by atoms with van der Waals surface area (Å²) < 4.78 is 17.0. The molecule has 0 radical (unpaired) electrons. The molecule has 1 atom stereocenters. The maximum Gasteiger partial charge on any atom is 0.308 e. The smallest absolute Gasteiger partial charge is 0.308 e. The van der Waals surface area contributed by atoms with Crippen LogP contribution in [0.5, 0.6) is 0 Å². The quantitative estimate of drug-likeness (QED) is 0.0344. The van der Waals surface area contributed by atoms with Gasteiger partial charge < -0.3 is 19.1 Å². The van der Waals surface area contributed by atoms with E-state index in [2.05, 4.69) is 32.6 Å². The number of nitrogens with zero attached hydrogens (tertiary/aromatic N) is 1. The number of rotatable bonds is 45. The zero-order chi connectivity index (χ0) is 42.7. The number of hydrogen-bond acceptors (Lipinski definition) is 7. The standard InChI is InChI=1S/C51H99NO6/c1-7-11-23-32-46(33-24-12-8-2)40-44-56-49(53)38-29-21-17-15-16-19-27-36-48(51(55)58-43-31-42-52(5)6)37-28-20-18-22-30-39-50(54)57-45-41-47(34-25-13-9-3)35-26-14-10-4/h46-48H,7-45H2,1-6H3. The van der Waals surface area contributed by atoms with E-state index in [1.807, 2.05) is 14.1 Å². The van der Waals surface area contributed by atoms with Gasteiger partial charge in [-0.05, 0) is 70.9 Å². The lowest BCUT2D eigenvalue weighted by molar-refractivity contribution is -0.149. The Balaban J connectivity index is 4.29. The molecule has 7 heteroatoms. The van der Waals surface area contributed by atoms with E-state index in [4.69, 9.17) is 14.2 Å². The molecule has 0 saturated carbocycles. The molecule has 0 N–H and O–H groups in total. The fraction of sp³-hybridized carbons (Fsp3) is 0.941. The SMILES string of the molecule is CCCCCC(CCCCC)CCOC(=O)CCCCCCCCCC(CCCCCCCC(=O)OCCC(CCCCC)CCCCC)C(=O)OCCCN(C)C. The molecule has 0 aromatic rings. The first-order valence-electron chi connectivity index (χ1n) is 25.4. The molecule has 58 heavy (non-hydrogen) atoms. The predicted molar refractivity (Wildman–Crippen MR) is 246 cm³/mol. The van der Waals surface area contributed by atoms with Crippen molar-refractivity contribution in [2.24, 2.45) is 17.8 Å². The molecule has 0 saturated heterocycles. The Hall–Kier alpha value is -1.63. The second-order valence-corrected chi connectivity index (χ2v) is 18.1. The minimum Gasteiger partial charge on any atom is -0.466 e. The van der Waals surface area contributed by atoms with Crippen LogP contribution in [0.25, 0.3) is 0 Å². The van der Waals surface area contributed by atoms with Crippen LogP contribution in [0.2, 0.25) is 0 Å². The lowest BCUT2D eigenvalue weighted by atomic mass is 9.92. The average Bonchev–Trinajstić information content (AvgIpc) is 3.20. The molecule has 0 aliphatic rings. The van der Waals surface area contributed by atoms with Gasteiger partial charge >= 0.3 is 17.9 Å². The highest BCUT2D eigenvalue weighted by Gasteiger charge is 2.19. The monoisotopic (exact) mass is 822 g/mol. The second-order valence-electron chi connectivity index (χ2n) is 18.1. The zero-order valence-electron chi connectivity index (χ0n) is 39.7. The van der Waals surface area contributed by atoms with E-state index in [-0.39, 0.29) is 23.8 Å². The number of esters is 3. The minimum absolute atomic E-state index is 0.0175. The minimum atomic E-state index is -0.0391. The fourth-order valence-corrected chi connectivity index (χ4v) is 8.21. The Bertz CT molecular complexity index is 889. The summed E-state index contributed by atoms with van der Waals surface area (Å²) in [6.45, 7) is 11.6. The van der Waals surface area contributed by atoms with E-state index in [9.17, 15) is 14.4 Å². The van der Waals surface area contributed by atoms with Crippen LogP contribution in [-0.4, -0.2) is 63.3 Å². The van der Waals surface area contributed by atoms with Gasteiger partial charge in [-0.1, -0.05) is 195 Å². The van der Waals surface area contributed by atoms with E-state index >= 15 is 0 Å². The maximum absolute atomic E-state index is 13.1. The Kier molecular flexibility index (Phi) is 42.2. The summed E-state index contributed by atoms with van der Waals surface area (Å²) in [5, 5.41) is 0. The van der Waals surface area contributed by atoms with Crippen molar-refractivity contribution in [3.63, 3.8) is 0 Å². The van der Waals surface area contributed by atoms with Crippen LogP contribution in [0.4, 0.5) is 0 Å². The summed E-state index contributed by atoms with van der Waals surface area (Å²) in [6, 6.07) is 0.